The highest BCUT2D eigenvalue weighted by molar-refractivity contribution is 9.10. The maximum Gasteiger partial charge on any atom is 0.254 e. The van der Waals surface area contributed by atoms with E-state index in [1.54, 1.807) is 30.1 Å². The van der Waals surface area contributed by atoms with Gasteiger partial charge in [0, 0.05) is 27.8 Å². The Kier molecular flexibility index (Phi) is 4.91. The molecule has 0 aliphatic carbocycles. The van der Waals surface area contributed by atoms with Crippen molar-refractivity contribution in [3.05, 3.63) is 63.1 Å². The number of nitrogen functional groups attached to an aromatic ring is 1. The number of carbonyl (C=O) groups excluding carboxylic acids is 1. The van der Waals surface area contributed by atoms with Crippen LogP contribution in [0, 0.1) is 0 Å². The third-order valence-corrected chi connectivity index (χ3v) is 4.08. The van der Waals surface area contributed by atoms with Crippen LogP contribution in [0.5, 0.6) is 0 Å². The summed E-state index contributed by atoms with van der Waals surface area (Å²) in [6, 6.07) is 12.6. The Labute approximate surface area is 137 Å². The van der Waals surface area contributed by atoms with Crippen LogP contribution in [0.15, 0.2) is 46.9 Å². The van der Waals surface area contributed by atoms with E-state index in [9.17, 15) is 4.79 Å². The van der Waals surface area contributed by atoms with Crippen LogP contribution >= 0.6 is 27.5 Å². The molecule has 110 valence electrons. The predicted octanol–water partition coefficient (Wildman–Crippen LogP) is 4.52. The lowest BCUT2D eigenvalue weighted by atomic mass is 10.1. The molecular formula is C16H16BrClN2O. The number of hydrogen-bond donors (Lipinski definition) is 1. The molecule has 0 radical (unpaired) electrons. The molecule has 3 nitrogen and oxygen atoms in total. The molecule has 1 atom stereocenters. The average molecular weight is 368 g/mol. The van der Waals surface area contributed by atoms with E-state index in [2.05, 4.69) is 15.9 Å². The van der Waals surface area contributed by atoms with Gasteiger partial charge in [0.25, 0.3) is 5.91 Å². The van der Waals surface area contributed by atoms with Gasteiger partial charge in [0.2, 0.25) is 0 Å². The normalized spacial score (nSPS) is 12.0. The van der Waals surface area contributed by atoms with E-state index in [0.29, 0.717) is 16.3 Å². The van der Waals surface area contributed by atoms with E-state index in [1.807, 2.05) is 31.2 Å². The molecule has 0 aromatic heterocycles. The van der Waals surface area contributed by atoms with Crippen LogP contribution in [-0.4, -0.2) is 17.9 Å². The summed E-state index contributed by atoms with van der Waals surface area (Å²) in [5, 5.41) is 0.526. The van der Waals surface area contributed by atoms with E-state index < -0.39 is 0 Å². The smallest absolute Gasteiger partial charge is 0.254 e. The van der Waals surface area contributed by atoms with Gasteiger partial charge in [-0.25, -0.2) is 0 Å². The van der Waals surface area contributed by atoms with Crippen molar-refractivity contribution in [1.82, 2.24) is 4.90 Å². The minimum atomic E-state index is -0.0897. The SMILES string of the molecule is CC(c1cccc(N)c1)N(C)C(=O)c1cc(Cl)cc(Br)c1. The maximum absolute atomic E-state index is 12.6. The zero-order valence-corrected chi connectivity index (χ0v) is 14.1. The number of hydrogen-bond acceptors (Lipinski definition) is 2. The lowest BCUT2D eigenvalue weighted by Crippen LogP contribution is -2.29. The second-order valence-corrected chi connectivity index (χ2v) is 6.27. The first kappa shape index (κ1) is 15.9. The summed E-state index contributed by atoms with van der Waals surface area (Å²) >= 11 is 9.35. The van der Waals surface area contributed by atoms with Crippen LogP contribution in [0.25, 0.3) is 0 Å². The molecule has 1 amide bonds. The van der Waals surface area contributed by atoms with E-state index in [1.165, 1.54) is 0 Å². The Balaban J connectivity index is 2.26. The van der Waals surface area contributed by atoms with Gasteiger partial charge >= 0.3 is 0 Å². The van der Waals surface area contributed by atoms with E-state index in [-0.39, 0.29) is 11.9 Å². The van der Waals surface area contributed by atoms with Crippen molar-refractivity contribution >= 4 is 39.1 Å². The fourth-order valence-electron chi connectivity index (χ4n) is 2.10. The van der Waals surface area contributed by atoms with Crippen molar-refractivity contribution in [2.24, 2.45) is 0 Å². The Morgan fingerprint density at radius 3 is 2.62 bits per heavy atom. The van der Waals surface area contributed by atoms with Crippen LogP contribution in [0.2, 0.25) is 5.02 Å². The molecule has 0 bridgehead atoms. The molecule has 0 spiro atoms. The molecule has 2 aromatic rings. The first-order chi connectivity index (χ1) is 9.88. The van der Waals surface area contributed by atoms with Gasteiger partial charge in [-0.15, -0.1) is 0 Å². The highest BCUT2D eigenvalue weighted by Crippen LogP contribution is 2.25. The van der Waals surface area contributed by atoms with Crippen molar-refractivity contribution in [2.75, 3.05) is 12.8 Å². The van der Waals surface area contributed by atoms with Crippen molar-refractivity contribution < 1.29 is 4.79 Å². The average Bonchev–Trinajstić information content (AvgIpc) is 2.44. The molecule has 0 saturated carbocycles. The van der Waals surface area contributed by atoms with Crippen molar-refractivity contribution in [2.45, 2.75) is 13.0 Å². The second-order valence-electron chi connectivity index (χ2n) is 4.92. The van der Waals surface area contributed by atoms with Gasteiger partial charge < -0.3 is 10.6 Å². The van der Waals surface area contributed by atoms with Gasteiger partial charge in [0.1, 0.15) is 0 Å². The molecule has 0 aliphatic rings. The van der Waals surface area contributed by atoms with Crippen LogP contribution in [0.4, 0.5) is 5.69 Å². The molecule has 2 aromatic carbocycles. The van der Waals surface area contributed by atoms with Crippen LogP contribution in [0.1, 0.15) is 28.9 Å². The third-order valence-electron chi connectivity index (χ3n) is 3.40. The molecule has 0 heterocycles. The number of rotatable bonds is 3. The van der Waals surface area contributed by atoms with Gasteiger partial charge in [-0.1, -0.05) is 39.7 Å². The van der Waals surface area contributed by atoms with Crippen molar-refractivity contribution in [1.29, 1.82) is 0 Å². The predicted molar refractivity (Wildman–Crippen MR) is 90.5 cm³/mol. The number of carbonyl (C=O) groups is 1. The lowest BCUT2D eigenvalue weighted by Gasteiger charge is -2.26. The number of benzene rings is 2. The molecule has 5 heteroatoms. The standard InChI is InChI=1S/C16H16BrClN2O/c1-10(11-4-3-5-15(19)8-11)20(2)16(21)12-6-13(17)9-14(18)7-12/h3-10H,19H2,1-2H3. The summed E-state index contributed by atoms with van der Waals surface area (Å²) in [6.07, 6.45) is 0. The zero-order valence-electron chi connectivity index (χ0n) is 11.8. The fourth-order valence-corrected chi connectivity index (χ4v) is 2.96. The number of halogens is 2. The minimum absolute atomic E-state index is 0.0845. The largest absolute Gasteiger partial charge is 0.399 e. The van der Waals surface area contributed by atoms with Gasteiger partial charge in [0.15, 0.2) is 0 Å². The summed E-state index contributed by atoms with van der Waals surface area (Å²) in [4.78, 5) is 14.2. The lowest BCUT2D eigenvalue weighted by molar-refractivity contribution is 0.0742. The topological polar surface area (TPSA) is 46.3 Å². The quantitative estimate of drug-likeness (QED) is 0.811. The van der Waals surface area contributed by atoms with E-state index >= 15 is 0 Å². The monoisotopic (exact) mass is 366 g/mol. The van der Waals surface area contributed by atoms with Gasteiger partial charge in [-0.2, -0.15) is 0 Å². The molecule has 2 N–H and O–H groups in total. The first-order valence-corrected chi connectivity index (χ1v) is 7.64. The molecule has 0 saturated heterocycles. The summed E-state index contributed by atoms with van der Waals surface area (Å²) in [5.74, 6) is -0.0897. The highest BCUT2D eigenvalue weighted by Gasteiger charge is 2.19. The Hall–Kier alpha value is -1.52. The number of nitrogens with zero attached hydrogens (tertiary/aromatic N) is 1. The molecule has 0 aliphatic heterocycles. The van der Waals surface area contributed by atoms with Gasteiger partial charge in [-0.05, 0) is 42.8 Å². The van der Waals surface area contributed by atoms with Gasteiger partial charge in [0.05, 0.1) is 6.04 Å². The Morgan fingerprint density at radius 2 is 2.00 bits per heavy atom. The van der Waals surface area contributed by atoms with Crippen molar-refractivity contribution in [3.8, 4) is 0 Å². The maximum atomic E-state index is 12.6. The summed E-state index contributed by atoms with van der Waals surface area (Å²) in [5.41, 5.74) is 8.02. The van der Waals surface area contributed by atoms with Crippen molar-refractivity contribution in [3.63, 3.8) is 0 Å². The van der Waals surface area contributed by atoms with E-state index in [4.69, 9.17) is 17.3 Å². The van der Waals surface area contributed by atoms with E-state index in [0.717, 1.165) is 10.0 Å². The van der Waals surface area contributed by atoms with Crippen LogP contribution in [0.3, 0.4) is 0 Å². The van der Waals surface area contributed by atoms with Crippen LogP contribution < -0.4 is 5.73 Å². The molecule has 1 unspecified atom stereocenters. The van der Waals surface area contributed by atoms with Crippen LogP contribution in [-0.2, 0) is 0 Å². The second kappa shape index (κ2) is 6.50. The number of nitrogens with two attached hydrogens (primary N) is 1. The molecule has 2 rings (SSSR count). The minimum Gasteiger partial charge on any atom is -0.399 e. The third kappa shape index (κ3) is 3.77. The fraction of sp³-hybridized carbons (Fsp3) is 0.188. The Bertz CT molecular complexity index is 655. The zero-order chi connectivity index (χ0) is 15.6. The molecular weight excluding hydrogens is 352 g/mol. The molecule has 0 fully saturated rings. The number of anilines is 1. The Morgan fingerprint density at radius 1 is 1.29 bits per heavy atom. The van der Waals surface area contributed by atoms with Gasteiger partial charge in [-0.3, -0.25) is 4.79 Å². The highest BCUT2D eigenvalue weighted by atomic mass is 79.9. The summed E-state index contributed by atoms with van der Waals surface area (Å²) < 4.78 is 0.781. The summed E-state index contributed by atoms with van der Waals surface area (Å²) in [6.45, 7) is 1.96. The number of amides is 1. The molecule has 21 heavy (non-hydrogen) atoms. The first-order valence-electron chi connectivity index (χ1n) is 6.47. The summed E-state index contributed by atoms with van der Waals surface area (Å²) in [7, 11) is 1.77.